The highest BCUT2D eigenvalue weighted by Crippen LogP contribution is 2.27. The topological polar surface area (TPSA) is 68.8 Å². The van der Waals surface area contributed by atoms with E-state index in [0.717, 1.165) is 47.8 Å². The fraction of sp³-hybridized carbons (Fsp3) is 0.385. The lowest BCUT2D eigenvalue weighted by Gasteiger charge is -2.31. The fourth-order valence-electron chi connectivity index (χ4n) is 3.31. The van der Waals surface area contributed by atoms with E-state index in [4.69, 9.17) is 9.73 Å². The van der Waals surface area contributed by atoms with E-state index in [1.54, 1.807) is 0 Å². The summed E-state index contributed by atoms with van der Waals surface area (Å²) in [5.74, 6) is 2.20. The zero-order valence-electron chi connectivity index (χ0n) is 20.6. The molecule has 33 heavy (non-hydrogen) atoms. The molecule has 0 spiro atoms. The molecule has 1 aromatic carbocycles. The number of allylic oxidation sites excluding steroid dienone is 3. The molecule has 0 unspecified atom stereocenters. The highest BCUT2D eigenvalue weighted by Gasteiger charge is 2.22. The van der Waals surface area contributed by atoms with Crippen molar-refractivity contribution in [2.75, 3.05) is 27.2 Å². The van der Waals surface area contributed by atoms with Gasteiger partial charge in [-0.2, -0.15) is 10.1 Å². The van der Waals surface area contributed by atoms with Crippen molar-refractivity contribution in [2.45, 2.75) is 40.5 Å². The van der Waals surface area contributed by atoms with E-state index in [9.17, 15) is 0 Å². The van der Waals surface area contributed by atoms with Crippen LogP contribution in [0, 0.1) is 6.92 Å². The van der Waals surface area contributed by atoms with Gasteiger partial charge in [0.25, 0.3) is 0 Å². The van der Waals surface area contributed by atoms with Crippen LogP contribution in [0.25, 0.3) is 5.70 Å². The Balaban J connectivity index is 2.00. The highest BCUT2D eigenvalue weighted by molar-refractivity contribution is 5.96. The van der Waals surface area contributed by atoms with E-state index in [1.807, 2.05) is 39.2 Å². The largest absolute Gasteiger partial charge is 0.492 e. The molecule has 3 rings (SSSR count). The van der Waals surface area contributed by atoms with Gasteiger partial charge in [-0.1, -0.05) is 37.1 Å². The Bertz CT molecular complexity index is 1060. The number of aromatic nitrogens is 2. The number of unbranched alkanes of at least 4 members (excludes halogenated alkanes) is 1. The maximum Gasteiger partial charge on any atom is 0.214 e. The van der Waals surface area contributed by atoms with Crippen molar-refractivity contribution in [3.63, 3.8) is 0 Å². The first-order valence-corrected chi connectivity index (χ1v) is 11.5. The van der Waals surface area contributed by atoms with Gasteiger partial charge >= 0.3 is 0 Å². The summed E-state index contributed by atoms with van der Waals surface area (Å²) in [7, 11) is 4.08. The van der Waals surface area contributed by atoms with Crippen LogP contribution in [0.15, 0.2) is 64.9 Å². The number of rotatable bonds is 9. The molecule has 0 aliphatic carbocycles. The second kappa shape index (κ2) is 11.5. The molecule has 0 bridgehead atoms. The lowest BCUT2D eigenvalue weighted by atomic mass is 10.1. The van der Waals surface area contributed by atoms with Crippen molar-refractivity contribution >= 4 is 17.5 Å². The van der Waals surface area contributed by atoms with Crippen molar-refractivity contribution in [2.24, 2.45) is 4.99 Å². The van der Waals surface area contributed by atoms with Crippen LogP contribution in [0.4, 0.5) is 5.82 Å². The van der Waals surface area contributed by atoms with Gasteiger partial charge in [0.2, 0.25) is 5.96 Å². The van der Waals surface area contributed by atoms with Crippen LogP contribution in [0.1, 0.15) is 44.9 Å². The molecule has 0 radical (unpaired) electrons. The Labute approximate surface area is 197 Å². The van der Waals surface area contributed by atoms with Crippen molar-refractivity contribution in [1.29, 1.82) is 0 Å². The molecule has 0 saturated heterocycles. The van der Waals surface area contributed by atoms with E-state index >= 15 is 0 Å². The number of aryl methyl sites for hydroxylation is 1. The minimum Gasteiger partial charge on any atom is -0.492 e. The van der Waals surface area contributed by atoms with Gasteiger partial charge in [0.15, 0.2) is 5.82 Å². The molecular weight excluding hydrogens is 412 g/mol. The number of aliphatic imine (C=N–C) groups is 1. The summed E-state index contributed by atoms with van der Waals surface area (Å²) in [6.07, 6.45) is 8.57. The lowest BCUT2D eigenvalue weighted by molar-refractivity contribution is 0.261. The number of nitrogens with zero attached hydrogens (tertiary/aromatic N) is 4. The Morgan fingerprint density at radius 1 is 1.24 bits per heavy atom. The van der Waals surface area contributed by atoms with Crippen molar-refractivity contribution in [1.82, 2.24) is 25.3 Å². The molecule has 7 heteroatoms. The predicted molar refractivity (Wildman–Crippen MR) is 136 cm³/mol. The molecule has 1 aliphatic heterocycles. The third-order valence-electron chi connectivity index (χ3n) is 4.94. The first-order chi connectivity index (χ1) is 15.9. The molecule has 0 saturated carbocycles. The number of likely N-dealkylation sites (N-methyl/N-ethyl adjacent to an activating group) is 1. The van der Waals surface area contributed by atoms with E-state index < -0.39 is 0 Å². The van der Waals surface area contributed by atoms with Crippen molar-refractivity contribution in [3.8, 4) is 5.75 Å². The smallest absolute Gasteiger partial charge is 0.214 e. The normalized spacial score (nSPS) is 16.2. The average molecular weight is 449 g/mol. The molecule has 2 N–H and O–H groups in total. The minimum atomic E-state index is 0.638. The maximum atomic E-state index is 5.96. The third-order valence-corrected chi connectivity index (χ3v) is 4.94. The molecule has 2 heterocycles. The Kier molecular flexibility index (Phi) is 8.49. The summed E-state index contributed by atoms with van der Waals surface area (Å²) in [5, 5.41) is 10.8. The van der Waals surface area contributed by atoms with Crippen molar-refractivity contribution in [3.05, 3.63) is 71.2 Å². The van der Waals surface area contributed by atoms with Gasteiger partial charge in [-0.25, -0.2) is 0 Å². The Hall–Kier alpha value is -3.32. The SMILES string of the molecule is CCC/C=C1\C=C(c2cccc(OCCN(C)C)c2)NC(=Nc2cc(C)[nH]n2)N1C=C(C)C. The molecule has 176 valence electrons. The number of guanidine groups is 1. The van der Waals surface area contributed by atoms with Gasteiger partial charge < -0.3 is 15.0 Å². The Morgan fingerprint density at radius 2 is 2.06 bits per heavy atom. The molecule has 0 amide bonds. The number of benzene rings is 1. The quantitative estimate of drug-likeness (QED) is 0.552. The van der Waals surface area contributed by atoms with Gasteiger partial charge in [-0.15, -0.1) is 0 Å². The van der Waals surface area contributed by atoms with E-state index in [0.29, 0.717) is 18.4 Å². The molecular formula is C26H36N6O. The van der Waals surface area contributed by atoms with Crippen LogP contribution in [0.5, 0.6) is 5.75 Å². The van der Waals surface area contributed by atoms with Gasteiger partial charge in [-0.05, 0) is 59.5 Å². The number of nitrogens with one attached hydrogen (secondary N) is 2. The number of ether oxygens (including phenoxy) is 1. The first-order valence-electron chi connectivity index (χ1n) is 11.5. The van der Waals surface area contributed by atoms with E-state index in [2.05, 4.69) is 76.6 Å². The van der Waals surface area contributed by atoms with E-state index in [-0.39, 0.29) is 0 Å². The summed E-state index contributed by atoms with van der Waals surface area (Å²) < 4.78 is 5.96. The standard InChI is InChI=1S/C26H36N6O/c1-7-8-11-22-17-24(21-10-9-12-23(16-21)33-14-13-31(5)6)27-26(32(22)18-19(2)3)28-25-15-20(4)29-30-25/h9-12,15-18H,7-8,13-14H2,1-6H3,(H2,27,28,29,30)/b22-11+. The highest BCUT2D eigenvalue weighted by atomic mass is 16.5. The number of hydrogen-bond acceptors (Lipinski definition) is 4. The maximum absolute atomic E-state index is 5.96. The second-order valence-corrected chi connectivity index (χ2v) is 8.70. The van der Waals surface area contributed by atoms with Gasteiger partial charge in [0.05, 0.1) is 5.70 Å². The predicted octanol–water partition coefficient (Wildman–Crippen LogP) is 5.20. The monoisotopic (exact) mass is 448 g/mol. The number of H-pyrrole nitrogens is 1. The Morgan fingerprint density at radius 3 is 2.73 bits per heavy atom. The third kappa shape index (κ3) is 7.08. The van der Waals surface area contributed by atoms with Crippen LogP contribution in [0.2, 0.25) is 0 Å². The fourth-order valence-corrected chi connectivity index (χ4v) is 3.31. The average Bonchev–Trinajstić information content (AvgIpc) is 3.18. The number of aromatic amines is 1. The zero-order chi connectivity index (χ0) is 23.8. The summed E-state index contributed by atoms with van der Waals surface area (Å²) in [6.45, 7) is 9.84. The molecule has 0 atom stereocenters. The molecule has 1 aromatic heterocycles. The summed E-state index contributed by atoms with van der Waals surface area (Å²) in [6, 6.07) is 10.1. The number of hydrogen-bond donors (Lipinski definition) is 2. The summed E-state index contributed by atoms with van der Waals surface area (Å²) in [5.41, 5.74) is 5.25. The summed E-state index contributed by atoms with van der Waals surface area (Å²) in [4.78, 5) is 9.03. The van der Waals surface area contributed by atoms with Crippen LogP contribution in [0.3, 0.4) is 0 Å². The van der Waals surface area contributed by atoms with Gasteiger partial charge in [0, 0.05) is 35.8 Å². The molecule has 1 aliphatic rings. The molecule has 0 fully saturated rings. The van der Waals surface area contributed by atoms with Crippen molar-refractivity contribution < 1.29 is 4.74 Å². The minimum absolute atomic E-state index is 0.638. The second-order valence-electron chi connectivity index (χ2n) is 8.70. The van der Waals surface area contributed by atoms with Crippen LogP contribution in [-0.2, 0) is 0 Å². The van der Waals surface area contributed by atoms with Gasteiger partial charge in [0.1, 0.15) is 12.4 Å². The summed E-state index contributed by atoms with van der Waals surface area (Å²) >= 11 is 0. The van der Waals surface area contributed by atoms with Gasteiger partial charge in [-0.3, -0.25) is 10.00 Å². The van der Waals surface area contributed by atoms with Crippen LogP contribution >= 0.6 is 0 Å². The van der Waals surface area contributed by atoms with Crippen LogP contribution in [-0.4, -0.2) is 53.2 Å². The van der Waals surface area contributed by atoms with Crippen LogP contribution < -0.4 is 10.1 Å². The zero-order valence-corrected chi connectivity index (χ0v) is 20.6. The first kappa shape index (κ1) is 24.3. The van der Waals surface area contributed by atoms with E-state index in [1.165, 1.54) is 5.57 Å². The molecule has 7 nitrogen and oxygen atoms in total. The molecule has 2 aromatic rings. The lowest BCUT2D eigenvalue weighted by Crippen LogP contribution is -2.40.